The highest BCUT2D eigenvalue weighted by Gasteiger charge is 2.07. The molecule has 0 saturated heterocycles. The molecular formula is C18H20ClN5OS. The van der Waals surface area contributed by atoms with Gasteiger partial charge in [-0.15, -0.1) is 0 Å². The van der Waals surface area contributed by atoms with E-state index in [0.717, 1.165) is 28.5 Å². The Balaban J connectivity index is 1.49. The molecule has 0 unspecified atom stereocenters. The molecular weight excluding hydrogens is 370 g/mol. The number of H-pyrrole nitrogens is 2. The van der Waals surface area contributed by atoms with Crippen molar-refractivity contribution < 1.29 is 0 Å². The number of rotatable bonds is 8. The first-order chi connectivity index (χ1) is 12.6. The Kier molecular flexibility index (Phi) is 6.35. The van der Waals surface area contributed by atoms with Crippen LogP contribution in [-0.4, -0.2) is 32.2 Å². The van der Waals surface area contributed by atoms with Crippen LogP contribution in [0.3, 0.4) is 0 Å². The lowest BCUT2D eigenvalue weighted by molar-refractivity contribution is 1.01. The molecule has 0 fully saturated rings. The van der Waals surface area contributed by atoms with Crippen LogP contribution in [0, 0.1) is 6.92 Å². The summed E-state index contributed by atoms with van der Waals surface area (Å²) in [7, 11) is 0. The predicted octanol–water partition coefficient (Wildman–Crippen LogP) is 3.39. The molecule has 3 N–H and O–H groups in total. The summed E-state index contributed by atoms with van der Waals surface area (Å²) in [4.78, 5) is 26.7. The topological polar surface area (TPSA) is 86.5 Å². The summed E-state index contributed by atoms with van der Waals surface area (Å²) < 4.78 is 0. The number of anilines is 1. The third kappa shape index (κ3) is 4.89. The summed E-state index contributed by atoms with van der Waals surface area (Å²) in [6.45, 7) is 2.72. The Morgan fingerprint density at radius 3 is 2.81 bits per heavy atom. The van der Waals surface area contributed by atoms with E-state index in [1.54, 1.807) is 24.3 Å². The minimum absolute atomic E-state index is 0.151. The largest absolute Gasteiger partial charge is 0.355 e. The van der Waals surface area contributed by atoms with Gasteiger partial charge in [0.15, 0.2) is 0 Å². The molecule has 136 valence electrons. The predicted molar refractivity (Wildman–Crippen MR) is 107 cm³/mol. The molecule has 26 heavy (non-hydrogen) atoms. The third-order valence-corrected chi connectivity index (χ3v) is 5.26. The summed E-state index contributed by atoms with van der Waals surface area (Å²) in [5.41, 5.74) is 3.53. The zero-order chi connectivity index (χ0) is 18.4. The summed E-state index contributed by atoms with van der Waals surface area (Å²) >= 11 is 7.92. The van der Waals surface area contributed by atoms with Gasteiger partial charge in [-0.25, -0.2) is 9.97 Å². The first-order valence-corrected chi connectivity index (χ1v) is 9.79. The van der Waals surface area contributed by atoms with Crippen molar-refractivity contribution in [3.63, 3.8) is 0 Å². The van der Waals surface area contributed by atoms with Crippen LogP contribution in [-0.2, 0) is 12.2 Å². The standard InChI is InChI=1S/C18H20ClN5OS/c1-12-16(23-11-22-12)10-26-7-6-20-18-21-9-14(17(25)24-18)8-13-4-2-3-5-15(13)19/h2-5,9,11H,6-8,10H2,1H3,(H,22,23)(H2,20,21,24,25). The van der Waals surface area contributed by atoms with Gasteiger partial charge in [-0.1, -0.05) is 29.8 Å². The van der Waals surface area contributed by atoms with Gasteiger partial charge in [0.25, 0.3) is 5.56 Å². The Bertz CT molecular complexity index is 924. The zero-order valence-corrected chi connectivity index (χ0v) is 16.0. The number of thioether (sulfide) groups is 1. The average molecular weight is 390 g/mol. The second-order valence-corrected chi connectivity index (χ2v) is 7.32. The molecule has 0 radical (unpaired) electrons. The smallest absolute Gasteiger partial charge is 0.255 e. The first-order valence-electron chi connectivity index (χ1n) is 8.25. The summed E-state index contributed by atoms with van der Waals surface area (Å²) in [6, 6.07) is 7.50. The number of hydrogen-bond acceptors (Lipinski definition) is 5. The van der Waals surface area contributed by atoms with Gasteiger partial charge in [0.1, 0.15) is 0 Å². The van der Waals surface area contributed by atoms with Crippen molar-refractivity contribution in [3.8, 4) is 0 Å². The molecule has 8 heteroatoms. The summed E-state index contributed by atoms with van der Waals surface area (Å²) in [5, 5.41) is 3.79. The molecule has 0 saturated carbocycles. The molecule has 1 aromatic carbocycles. The third-order valence-electron chi connectivity index (χ3n) is 3.92. The highest BCUT2D eigenvalue weighted by molar-refractivity contribution is 7.98. The van der Waals surface area contributed by atoms with E-state index in [-0.39, 0.29) is 5.56 Å². The highest BCUT2D eigenvalue weighted by atomic mass is 35.5. The van der Waals surface area contributed by atoms with Crippen LogP contribution in [0.1, 0.15) is 22.5 Å². The average Bonchev–Trinajstić information content (AvgIpc) is 3.04. The molecule has 0 aliphatic heterocycles. The maximum absolute atomic E-state index is 12.2. The van der Waals surface area contributed by atoms with Crippen LogP contribution >= 0.6 is 23.4 Å². The van der Waals surface area contributed by atoms with Crippen LogP contribution in [0.15, 0.2) is 41.6 Å². The number of aromatic nitrogens is 4. The monoisotopic (exact) mass is 389 g/mol. The second-order valence-electron chi connectivity index (χ2n) is 5.81. The number of hydrogen-bond donors (Lipinski definition) is 3. The van der Waals surface area contributed by atoms with E-state index >= 15 is 0 Å². The van der Waals surface area contributed by atoms with Crippen LogP contribution in [0.2, 0.25) is 5.02 Å². The van der Waals surface area contributed by atoms with Crippen LogP contribution in [0.5, 0.6) is 0 Å². The van der Waals surface area contributed by atoms with Crippen LogP contribution in [0.25, 0.3) is 0 Å². The molecule has 0 atom stereocenters. The zero-order valence-electron chi connectivity index (χ0n) is 14.4. The van der Waals surface area contributed by atoms with Crippen molar-refractivity contribution in [1.29, 1.82) is 0 Å². The molecule has 0 aliphatic carbocycles. The SMILES string of the molecule is Cc1[nH]cnc1CSCCNc1ncc(Cc2ccccc2Cl)c(=O)[nH]1. The van der Waals surface area contributed by atoms with Gasteiger partial charge in [-0.2, -0.15) is 11.8 Å². The van der Waals surface area contributed by atoms with E-state index in [9.17, 15) is 4.79 Å². The first kappa shape index (κ1) is 18.5. The fraction of sp³-hybridized carbons (Fsp3) is 0.278. The lowest BCUT2D eigenvalue weighted by Gasteiger charge is -2.07. The normalized spacial score (nSPS) is 10.8. The summed E-state index contributed by atoms with van der Waals surface area (Å²) in [5.74, 6) is 2.23. The van der Waals surface area contributed by atoms with E-state index in [0.29, 0.717) is 29.5 Å². The molecule has 3 aromatic rings. The summed E-state index contributed by atoms with van der Waals surface area (Å²) in [6.07, 6.45) is 3.77. The number of benzene rings is 1. The number of nitrogens with one attached hydrogen (secondary N) is 3. The van der Waals surface area contributed by atoms with Crippen molar-refractivity contribution >= 4 is 29.3 Å². The molecule has 0 spiro atoms. The van der Waals surface area contributed by atoms with E-state index in [2.05, 4.69) is 25.3 Å². The molecule has 0 aliphatic rings. The van der Waals surface area contributed by atoms with E-state index in [4.69, 9.17) is 11.6 Å². The minimum atomic E-state index is -0.151. The molecule has 3 rings (SSSR count). The maximum atomic E-state index is 12.2. The van der Waals surface area contributed by atoms with Gasteiger partial charge >= 0.3 is 0 Å². The molecule has 2 aromatic heterocycles. The molecule has 2 heterocycles. The van der Waals surface area contributed by atoms with Gasteiger partial charge in [0, 0.05) is 46.9 Å². The second kappa shape index (κ2) is 8.91. The van der Waals surface area contributed by atoms with Gasteiger partial charge in [0.2, 0.25) is 5.95 Å². The fourth-order valence-electron chi connectivity index (χ4n) is 2.43. The van der Waals surface area contributed by atoms with Gasteiger partial charge < -0.3 is 10.3 Å². The van der Waals surface area contributed by atoms with Crippen molar-refractivity contribution in [2.45, 2.75) is 19.1 Å². The van der Waals surface area contributed by atoms with Crippen LogP contribution < -0.4 is 10.9 Å². The van der Waals surface area contributed by atoms with Gasteiger partial charge in [0.05, 0.1) is 12.0 Å². The number of nitrogens with zero attached hydrogens (tertiary/aromatic N) is 2. The van der Waals surface area contributed by atoms with E-state index in [1.807, 2.05) is 31.2 Å². The fourth-order valence-corrected chi connectivity index (χ4v) is 3.50. The highest BCUT2D eigenvalue weighted by Crippen LogP contribution is 2.17. The number of aromatic amines is 2. The Hall–Kier alpha value is -2.25. The Morgan fingerprint density at radius 1 is 1.23 bits per heavy atom. The Morgan fingerprint density at radius 2 is 2.08 bits per heavy atom. The quantitative estimate of drug-likeness (QED) is 0.514. The van der Waals surface area contributed by atoms with Gasteiger partial charge in [-0.3, -0.25) is 9.78 Å². The van der Waals surface area contributed by atoms with E-state index < -0.39 is 0 Å². The van der Waals surface area contributed by atoms with Crippen molar-refractivity contribution in [2.75, 3.05) is 17.6 Å². The van der Waals surface area contributed by atoms with Crippen molar-refractivity contribution in [3.05, 3.63) is 74.7 Å². The molecule has 6 nitrogen and oxygen atoms in total. The lowest BCUT2D eigenvalue weighted by Crippen LogP contribution is -2.18. The van der Waals surface area contributed by atoms with Crippen LogP contribution in [0.4, 0.5) is 5.95 Å². The minimum Gasteiger partial charge on any atom is -0.355 e. The van der Waals surface area contributed by atoms with Gasteiger partial charge in [-0.05, 0) is 18.6 Å². The van der Waals surface area contributed by atoms with Crippen molar-refractivity contribution in [2.24, 2.45) is 0 Å². The van der Waals surface area contributed by atoms with Crippen molar-refractivity contribution in [1.82, 2.24) is 19.9 Å². The van der Waals surface area contributed by atoms with E-state index in [1.165, 1.54) is 0 Å². The maximum Gasteiger partial charge on any atom is 0.255 e. The number of halogens is 1. The molecule has 0 amide bonds. The Labute approximate surface area is 160 Å². The lowest BCUT2D eigenvalue weighted by atomic mass is 10.1. The number of aryl methyl sites for hydroxylation is 1. The number of imidazole rings is 1. The molecule has 0 bridgehead atoms.